The van der Waals surface area contributed by atoms with Crippen molar-refractivity contribution in [3.63, 3.8) is 0 Å². The first-order chi connectivity index (χ1) is 4.70. The van der Waals surface area contributed by atoms with Crippen LogP contribution in [0.1, 0.15) is 39.5 Å². The van der Waals surface area contributed by atoms with Crippen LogP contribution in [-0.4, -0.2) is 6.17 Å². The molecule has 1 aliphatic rings. The monoisotopic (exact) mass is 144 g/mol. The van der Waals surface area contributed by atoms with Gasteiger partial charge in [0.15, 0.2) is 0 Å². The van der Waals surface area contributed by atoms with E-state index in [0.29, 0.717) is 11.8 Å². The molecular formula is C9H17F. The highest BCUT2D eigenvalue weighted by Gasteiger charge is 2.22. The van der Waals surface area contributed by atoms with Gasteiger partial charge in [0.25, 0.3) is 0 Å². The van der Waals surface area contributed by atoms with Crippen molar-refractivity contribution < 1.29 is 4.39 Å². The van der Waals surface area contributed by atoms with Crippen LogP contribution in [0.5, 0.6) is 0 Å². The van der Waals surface area contributed by atoms with Crippen LogP contribution in [0.25, 0.3) is 0 Å². The predicted octanol–water partition coefficient (Wildman–Crippen LogP) is 3.17. The summed E-state index contributed by atoms with van der Waals surface area (Å²) in [6.07, 6.45) is 3.80. The molecule has 1 saturated carbocycles. The topological polar surface area (TPSA) is 0 Å². The van der Waals surface area contributed by atoms with Crippen LogP contribution in [-0.2, 0) is 0 Å². The maximum Gasteiger partial charge on any atom is 0.103 e. The zero-order valence-electron chi connectivity index (χ0n) is 6.94. The Kier molecular flexibility index (Phi) is 2.70. The summed E-state index contributed by atoms with van der Waals surface area (Å²) in [5.74, 6) is 0.921. The van der Waals surface area contributed by atoms with E-state index >= 15 is 0 Å². The van der Waals surface area contributed by atoms with Gasteiger partial charge >= 0.3 is 0 Å². The lowest BCUT2D eigenvalue weighted by Gasteiger charge is -2.13. The smallest absolute Gasteiger partial charge is 0.103 e. The van der Waals surface area contributed by atoms with Crippen molar-refractivity contribution in [3.05, 3.63) is 0 Å². The summed E-state index contributed by atoms with van der Waals surface area (Å²) in [5.41, 5.74) is 0. The molecule has 0 radical (unpaired) electrons. The lowest BCUT2D eigenvalue weighted by Crippen LogP contribution is -2.11. The number of rotatable bonds is 0. The second-order valence-electron chi connectivity index (χ2n) is 3.77. The normalized spacial score (nSPS) is 42.9. The molecule has 60 valence electrons. The Morgan fingerprint density at radius 1 is 1.20 bits per heavy atom. The molecule has 1 heteroatoms. The predicted molar refractivity (Wildman–Crippen MR) is 41.7 cm³/mol. The molecule has 3 atom stereocenters. The zero-order valence-corrected chi connectivity index (χ0v) is 6.94. The lowest BCUT2D eigenvalue weighted by molar-refractivity contribution is 0.214. The molecular weight excluding hydrogens is 127 g/mol. The van der Waals surface area contributed by atoms with E-state index in [0.717, 1.165) is 12.8 Å². The van der Waals surface area contributed by atoms with Gasteiger partial charge in [-0.3, -0.25) is 0 Å². The van der Waals surface area contributed by atoms with Gasteiger partial charge in [0.05, 0.1) is 0 Å². The van der Waals surface area contributed by atoms with E-state index in [1.54, 1.807) is 0 Å². The first-order valence-electron chi connectivity index (χ1n) is 4.34. The minimum absolute atomic E-state index is 0.310. The molecule has 0 aromatic carbocycles. The largest absolute Gasteiger partial charge is 0.247 e. The van der Waals surface area contributed by atoms with Gasteiger partial charge in [-0.25, -0.2) is 4.39 Å². The third-order valence-corrected chi connectivity index (χ3v) is 2.60. The van der Waals surface area contributed by atoms with Gasteiger partial charge in [-0.05, 0) is 24.7 Å². The highest BCUT2D eigenvalue weighted by atomic mass is 19.1. The van der Waals surface area contributed by atoms with Crippen molar-refractivity contribution in [1.29, 1.82) is 0 Å². The van der Waals surface area contributed by atoms with Crippen molar-refractivity contribution in [2.45, 2.75) is 45.7 Å². The molecule has 0 aromatic rings. The van der Waals surface area contributed by atoms with E-state index in [9.17, 15) is 4.39 Å². The Bertz CT molecular complexity index is 101. The minimum atomic E-state index is -0.530. The Labute approximate surface area is 62.8 Å². The molecule has 0 aliphatic heterocycles. The fourth-order valence-corrected chi connectivity index (χ4v) is 1.70. The van der Waals surface area contributed by atoms with Crippen LogP contribution >= 0.6 is 0 Å². The maximum atomic E-state index is 13.1. The summed E-state index contributed by atoms with van der Waals surface area (Å²) >= 11 is 0. The van der Waals surface area contributed by atoms with Gasteiger partial charge in [0.2, 0.25) is 0 Å². The summed E-state index contributed by atoms with van der Waals surface area (Å²) in [4.78, 5) is 0. The number of alkyl halides is 1. The van der Waals surface area contributed by atoms with Gasteiger partial charge in [0, 0.05) is 0 Å². The third kappa shape index (κ3) is 1.96. The van der Waals surface area contributed by atoms with Gasteiger partial charge in [0.1, 0.15) is 6.17 Å². The molecule has 3 unspecified atom stereocenters. The molecule has 0 bridgehead atoms. The van der Waals surface area contributed by atoms with Crippen LogP contribution in [0, 0.1) is 11.8 Å². The first kappa shape index (κ1) is 8.03. The van der Waals surface area contributed by atoms with Crippen molar-refractivity contribution in [3.8, 4) is 0 Å². The van der Waals surface area contributed by atoms with Crippen LogP contribution < -0.4 is 0 Å². The molecule has 0 aromatic heterocycles. The quantitative estimate of drug-likeness (QED) is 0.458. The second-order valence-corrected chi connectivity index (χ2v) is 3.77. The Hall–Kier alpha value is -0.0700. The first-order valence-corrected chi connectivity index (χ1v) is 4.34. The number of hydrogen-bond acceptors (Lipinski definition) is 0. The van der Waals surface area contributed by atoms with Gasteiger partial charge in [-0.2, -0.15) is 0 Å². The number of hydrogen-bond donors (Lipinski definition) is 0. The standard InChI is InChI=1S/C9H17F/c1-7-4-3-5-8(2)9(10)6-7/h7-9H,3-6H2,1-2H3. The molecule has 1 rings (SSSR count). The second kappa shape index (κ2) is 3.36. The molecule has 0 spiro atoms. The Morgan fingerprint density at radius 3 is 2.60 bits per heavy atom. The third-order valence-electron chi connectivity index (χ3n) is 2.60. The van der Waals surface area contributed by atoms with E-state index < -0.39 is 6.17 Å². The molecule has 1 aliphatic carbocycles. The highest BCUT2D eigenvalue weighted by Crippen LogP contribution is 2.28. The van der Waals surface area contributed by atoms with Gasteiger partial charge in [-0.1, -0.05) is 26.7 Å². The van der Waals surface area contributed by atoms with Gasteiger partial charge in [-0.15, -0.1) is 0 Å². The lowest BCUT2D eigenvalue weighted by atomic mass is 9.99. The molecule has 0 nitrogen and oxygen atoms in total. The zero-order chi connectivity index (χ0) is 7.56. The van der Waals surface area contributed by atoms with Gasteiger partial charge < -0.3 is 0 Å². The van der Waals surface area contributed by atoms with Crippen LogP contribution in [0.4, 0.5) is 4.39 Å². The van der Waals surface area contributed by atoms with Crippen molar-refractivity contribution in [2.24, 2.45) is 11.8 Å². The van der Waals surface area contributed by atoms with Crippen LogP contribution in [0.2, 0.25) is 0 Å². The summed E-state index contributed by atoms with van der Waals surface area (Å²) in [6, 6.07) is 0. The number of halogens is 1. The summed E-state index contributed by atoms with van der Waals surface area (Å²) in [5, 5.41) is 0. The molecule has 0 heterocycles. The SMILES string of the molecule is CC1CCCC(C)C(F)C1. The maximum absolute atomic E-state index is 13.1. The fourth-order valence-electron chi connectivity index (χ4n) is 1.70. The molecule has 0 N–H and O–H groups in total. The van der Waals surface area contributed by atoms with E-state index in [4.69, 9.17) is 0 Å². The molecule has 10 heavy (non-hydrogen) atoms. The molecule has 1 fully saturated rings. The van der Waals surface area contributed by atoms with Crippen molar-refractivity contribution in [1.82, 2.24) is 0 Å². The van der Waals surface area contributed by atoms with Crippen LogP contribution in [0.3, 0.4) is 0 Å². The minimum Gasteiger partial charge on any atom is -0.247 e. The van der Waals surface area contributed by atoms with Crippen molar-refractivity contribution >= 4 is 0 Å². The van der Waals surface area contributed by atoms with Crippen molar-refractivity contribution in [2.75, 3.05) is 0 Å². The summed E-state index contributed by atoms with van der Waals surface area (Å²) < 4.78 is 13.1. The van der Waals surface area contributed by atoms with E-state index in [1.807, 2.05) is 6.92 Å². The van der Waals surface area contributed by atoms with Crippen LogP contribution in [0.15, 0.2) is 0 Å². The fraction of sp³-hybridized carbons (Fsp3) is 1.00. The average molecular weight is 144 g/mol. The molecule has 0 amide bonds. The average Bonchev–Trinajstić information content (AvgIpc) is 1.96. The summed E-state index contributed by atoms with van der Waals surface area (Å²) in [6.45, 7) is 4.19. The van der Waals surface area contributed by atoms with E-state index in [1.165, 1.54) is 12.8 Å². The highest BCUT2D eigenvalue weighted by molar-refractivity contribution is 4.72. The Morgan fingerprint density at radius 2 is 1.90 bits per heavy atom. The summed E-state index contributed by atoms with van der Waals surface area (Å²) in [7, 11) is 0. The Balaban J connectivity index is 2.41. The molecule has 0 saturated heterocycles. The van der Waals surface area contributed by atoms with E-state index in [-0.39, 0.29) is 0 Å². The van der Waals surface area contributed by atoms with E-state index in [2.05, 4.69) is 6.92 Å².